The van der Waals surface area contributed by atoms with E-state index in [1.54, 1.807) is 0 Å². The van der Waals surface area contributed by atoms with Gasteiger partial charge in [0, 0.05) is 5.41 Å². The second-order valence-electron chi connectivity index (χ2n) is 8.88. The summed E-state index contributed by atoms with van der Waals surface area (Å²) < 4.78 is 0. The molecule has 0 aromatic heterocycles. The molecule has 0 spiro atoms. The Kier molecular flexibility index (Phi) is 4.49. The van der Waals surface area contributed by atoms with Crippen molar-refractivity contribution in [2.45, 2.75) is 57.8 Å². The first-order valence-electron chi connectivity index (χ1n) is 9.21. The largest absolute Gasteiger partial charge is 0.393 e. The highest BCUT2D eigenvalue weighted by Gasteiger charge is 2.70. The van der Waals surface area contributed by atoms with Crippen LogP contribution in [0, 0.1) is 35.0 Å². The van der Waals surface area contributed by atoms with E-state index in [1.807, 2.05) is 0 Å². The third-order valence-electron chi connectivity index (χ3n) is 7.43. The van der Waals surface area contributed by atoms with Crippen LogP contribution < -0.4 is 0 Å². The molecule has 3 aliphatic rings. The molecule has 9 unspecified atom stereocenters. The third kappa shape index (κ3) is 2.50. The summed E-state index contributed by atoms with van der Waals surface area (Å²) in [6.07, 6.45) is 4.85. The molecule has 0 saturated heterocycles. The van der Waals surface area contributed by atoms with Crippen LogP contribution in [0.25, 0.3) is 0 Å². The van der Waals surface area contributed by atoms with Crippen molar-refractivity contribution >= 4 is 0 Å². The molecule has 3 saturated carbocycles. The van der Waals surface area contributed by atoms with E-state index in [0.29, 0.717) is 30.1 Å². The predicted molar refractivity (Wildman–Crippen MR) is 93.1 cm³/mol. The summed E-state index contributed by atoms with van der Waals surface area (Å²) in [6.45, 7) is 9.75. The third-order valence-corrected chi connectivity index (χ3v) is 7.43. The van der Waals surface area contributed by atoms with Crippen LogP contribution in [0.1, 0.15) is 40.0 Å². The molecular weight excluding hydrogens is 304 g/mol. The monoisotopic (exact) mass is 336 g/mol. The van der Waals surface area contributed by atoms with Gasteiger partial charge >= 0.3 is 0 Å². The lowest BCUT2D eigenvalue weighted by atomic mass is 9.46. The molecule has 3 aliphatic carbocycles. The van der Waals surface area contributed by atoms with Crippen molar-refractivity contribution in [1.82, 2.24) is 0 Å². The molecule has 0 aromatic rings. The number of rotatable bonds is 5. The highest BCUT2D eigenvalue weighted by Crippen LogP contribution is 2.73. The van der Waals surface area contributed by atoms with Crippen LogP contribution in [0.15, 0.2) is 24.3 Å². The summed E-state index contributed by atoms with van der Waals surface area (Å²) in [5.74, 6) is 2.42. The second kappa shape index (κ2) is 5.94. The first-order chi connectivity index (χ1) is 11.1. The van der Waals surface area contributed by atoms with Crippen LogP contribution in [-0.4, -0.2) is 44.8 Å². The zero-order valence-electron chi connectivity index (χ0n) is 15.0. The molecule has 3 rings (SSSR count). The molecular formula is C20H32O4. The molecule has 3 fully saturated rings. The SMILES string of the molecule is C=C(C(O)C=CC(C)(O)CO)C1CC(O)C2(C)C3CCC(C)C3C12. The first kappa shape index (κ1) is 18.1. The van der Waals surface area contributed by atoms with Crippen LogP contribution in [0.2, 0.25) is 0 Å². The van der Waals surface area contributed by atoms with Gasteiger partial charge < -0.3 is 20.4 Å². The lowest BCUT2D eigenvalue weighted by Gasteiger charge is -2.58. The number of hydrogen-bond donors (Lipinski definition) is 4. The van der Waals surface area contributed by atoms with Crippen LogP contribution >= 0.6 is 0 Å². The highest BCUT2D eigenvalue weighted by molar-refractivity contribution is 5.27. The zero-order chi connectivity index (χ0) is 17.9. The Morgan fingerprint density at radius 3 is 2.71 bits per heavy atom. The fraction of sp³-hybridized carbons (Fsp3) is 0.800. The minimum absolute atomic E-state index is 0.0386. The van der Waals surface area contributed by atoms with E-state index in [-0.39, 0.29) is 17.4 Å². The van der Waals surface area contributed by atoms with E-state index in [9.17, 15) is 15.3 Å². The van der Waals surface area contributed by atoms with Gasteiger partial charge in [0.2, 0.25) is 0 Å². The number of hydrogen-bond acceptors (Lipinski definition) is 4. The topological polar surface area (TPSA) is 80.9 Å². The van der Waals surface area contributed by atoms with Gasteiger partial charge in [-0.3, -0.25) is 0 Å². The summed E-state index contributed by atoms with van der Waals surface area (Å²) in [5, 5.41) is 40.1. The van der Waals surface area contributed by atoms with Crippen molar-refractivity contribution in [3.8, 4) is 0 Å². The van der Waals surface area contributed by atoms with Crippen molar-refractivity contribution in [1.29, 1.82) is 0 Å². The normalized spacial score (nSPS) is 47.8. The van der Waals surface area contributed by atoms with E-state index in [0.717, 1.165) is 5.57 Å². The molecule has 0 heterocycles. The molecule has 4 heteroatoms. The van der Waals surface area contributed by atoms with Crippen molar-refractivity contribution < 1.29 is 20.4 Å². The Bertz CT molecular complexity index is 540. The lowest BCUT2D eigenvalue weighted by molar-refractivity contribution is -0.143. The molecule has 0 aromatic carbocycles. The molecule has 9 atom stereocenters. The molecule has 4 nitrogen and oxygen atoms in total. The van der Waals surface area contributed by atoms with Gasteiger partial charge in [-0.05, 0) is 54.9 Å². The summed E-state index contributed by atoms with van der Waals surface area (Å²) in [6, 6.07) is 0. The maximum atomic E-state index is 10.7. The standard InChI is InChI=1S/C20H32O4/c1-11-5-6-14-17(11)18-13(9-16(23)20(14,18)4)12(2)15(22)7-8-19(3,24)10-21/h7-8,11,13-18,21-24H,2,5-6,9-10H2,1,3-4H3. The van der Waals surface area contributed by atoms with E-state index in [2.05, 4.69) is 20.4 Å². The van der Waals surface area contributed by atoms with Crippen LogP contribution in [0.3, 0.4) is 0 Å². The summed E-state index contributed by atoms with van der Waals surface area (Å²) in [7, 11) is 0. The molecule has 0 radical (unpaired) electrons. The zero-order valence-corrected chi connectivity index (χ0v) is 15.0. The number of aliphatic hydroxyl groups excluding tert-OH is 3. The Morgan fingerprint density at radius 2 is 2.08 bits per heavy atom. The van der Waals surface area contributed by atoms with Gasteiger partial charge in [0.15, 0.2) is 0 Å². The number of aliphatic hydroxyl groups is 4. The van der Waals surface area contributed by atoms with Crippen molar-refractivity contribution in [2.24, 2.45) is 35.0 Å². The van der Waals surface area contributed by atoms with Gasteiger partial charge in [0.05, 0.1) is 18.8 Å². The van der Waals surface area contributed by atoms with E-state index >= 15 is 0 Å². The highest BCUT2D eigenvalue weighted by atomic mass is 16.3. The average molecular weight is 336 g/mol. The van der Waals surface area contributed by atoms with Gasteiger partial charge in [0.25, 0.3) is 0 Å². The van der Waals surface area contributed by atoms with Gasteiger partial charge in [-0.15, -0.1) is 0 Å². The molecule has 136 valence electrons. The minimum atomic E-state index is -1.34. The second-order valence-corrected chi connectivity index (χ2v) is 8.88. The fourth-order valence-electron chi connectivity index (χ4n) is 5.99. The average Bonchev–Trinajstić information content (AvgIpc) is 2.97. The maximum Gasteiger partial charge on any atom is 0.103 e. The Hall–Kier alpha value is -0.680. The quantitative estimate of drug-likeness (QED) is 0.578. The van der Waals surface area contributed by atoms with Crippen LogP contribution in [0.5, 0.6) is 0 Å². The van der Waals surface area contributed by atoms with Gasteiger partial charge in [-0.2, -0.15) is 0 Å². The molecule has 24 heavy (non-hydrogen) atoms. The maximum absolute atomic E-state index is 10.7. The van der Waals surface area contributed by atoms with Crippen molar-refractivity contribution in [3.05, 3.63) is 24.3 Å². The molecule has 4 N–H and O–H groups in total. The smallest absolute Gasteiger partial charge is 0.103 e. The Labute approximate surface area is 144 Å². The van der Waals surface area contributed by atoms with Crippen LogP contribution in [-0.2, 0) is 0 Å². The number of fused-ring (bicyclic) bond motifs is 4. The van der Waals surface area contributed by atoms with Crippen molar-refractivity contribution in [3.63, 3.8) is 0 Å². The lowest BCUT2D eigenvalue weighted by Crippen LogP contribution is -2.57. The molecule has 0 aliphatic heterocycles. The van der Waals surface area contributed by atoms with E-state index < -0.39 is 18.3 Å². The van der Waals surface area contributed by atoms with E-state index in [4.69, 9.17) is 5.11 Å². The minimum Gasteiger partial charge on any atom is -0.393 e. The first-order valence-corrected chi connectivity index (χ1v) is 9.21. The fourth-order valence-corrected chi connectivity index (χ4v) is 5.99. The van der Waals surface area contributed by atoms with Gasteiger partial charge in [-0.1, -0.05) is 39.0 Å². The van der Waals surface area contributed by atoms with Crippen molar-refractivity contribution in [2.75, 3.05) is 6.61 Å². The summed E-state index contributed by atoms with van der Waals surface area (Å²) in [5.41, 5.74) is -0.652. The molecule has 0 amide bonds. The van der Waals surface area contributed by atoms with Crippen LogP contribution in [0.4, 0.5) is 0 Å². The molecule has 0 bridgehead atoms. The summed E-state index contributed by atoms with van der Waals surface area (Å²) >= 11 is 0. The van der Waals surface area contributed by atoms with Gasteiger partial charge in [0.1, 0.15) is 5.60 Å². The Balaban J connectivity index is 1.76. The Morgan fingerprint density at radius 1 is 1.42 bits per heavy atom. The summed E-state index contributed by atoms with van der Waals surface area (Å²) in [4.78, 5) is 0. The van der Waals surface area contributed by atoms with Gasteiger partial charge in [-0.25, -0.2) is 0 Å². The van der Waals surface area contributed by atoms with E-state index in [1.165, 1.54) is 31.9 Å². The predicted octanol–water partition coefficient (Wildman–Crippen LogP) is 1.88.